The van der Waals surface area contributed by atoms with E-state index < -0.39 is 0 Å². The Bertz CT molecular complexity index is 748. The van der Waals surface area contributed by atoms with E-state index in [0.29, 0.717) is 38.0 Å². The van der Waals surface area contributed by atoms with Crippen LogP contribution in [0, 0.1) is 19.8 Å². The van der Waals surface area contributed by atoms with Crippen molar-refractivity contribution in [1.82, 2.24) is 20.2 Å². The summed E-state index contributed by atoms with van der Waals surface area (Å²) in [5, 5.41) is 4.09. The molecule has 0 saturated carbocycles. The molecule has 0 unspecified atom stereocenters. The molecule has 7 heteroatoms. The minimum Gasteiger partial charge on any atom is -0.355 e. The first-order valence-electron chi connectivity index (χ1n) is 8.94. The van der Waals surface area contributed by atoms with Crippen molar-refractivity contribution in [2.24, 2.45) is 5.92 Å². The van der Waals surface area contributed by atoms with Gasteiger partial charge in [-0.3, -0.25) is 14.6 Å². The molecule has 0 aromatic carbocycles. The van der Waals surface area contributed by atoms with Gasteiger partial charge in [0.25, 0.3) is 5.91 Å². The molecule has 1 aliphatic heterocycles. The molecule has 0 aliphatic carbocycles. The number of pyridine rings is 1. The predicted octanol–water partition coefficient (Wildman–Crippen LogP) is 2.37. The lowest BCUT2D eigenvalue weighted by Crippen LogP contribution is -2.43. The number of piperidine rings is 1. The maximum absolute atomic E-state index is 12.4. The van der Waals surface area contributed by atoms with Gasteiger partial charge >= 0.3 is 0 Å². The zero-order valence-corrected chi connectivity index (χ0v) is 16.0. The van der Waals surface area contributed by atoms with Gasteiger partial charge in [0, 0.05) is 54.8 Å². The number of amides is 2. The number of likely N-dealkylation sites (tertiary alicyclic amines) is 1. The molecular weight excluding hydrogens is 348 g/mol. The van der Waals surface area contributed by atoms with Gasteiger partial charge in [0.2, 0.25) is 5.91 Å². The topological polar surface area (TPSA) is 75.2 Å². The first-order chi connectivity index (χ1) is 12.5. The summed E-state index contributed by atoms with van der Waals surface area (Å²) in [4.78, 5) is 36.3. The van der Waals surface area contributed by atoms with Crippen LogP contribution in [-0.4, -0.2) is 46.3 Å². The van der Waals surface area contributed by atoms with Crippen molar-refractivity contribution in [2.75, 3.05) is 19.6 Å². The molecule has 2 aromatic rings. The van der Waals surface area contributed by atoms with Crippen LogP contribution in [0.3, 0.4) is 0 Å². The minimum atomic E-state index is -0.0174. The average Bonchev–Trinajstić information content (AvgIpc) is 2.99. The van der Waals surface area contributed by atoms with Crippen molar-refractivity contribution in [3.05, 3.63) is 45.7 Å². The Kier molecular flexibility index (Phi) is 5.98. The van der Waals surface area contributed by atoms with E-state index >= 15 is 0 Å². The number of nitrogens with one attached hydrogen (secondary N) is 1. The molecule has 1 aliphatic rings. The summed E-state index contributed by atoms with van der Waals surface area (Å²) < 4.78 is 0. The minimum absolute atomic E-state index is 0.0146. The van der Waals surface area contributed by atoms with Gasteiger partial charge in [0.05, 0.1) is 10.7 Å². The average molecular weight is 372 g/mol. The Morgan fingerprint density at radius 1 is 1.23 bits per heavy atom. The van der Waals surface area contributed by atoms with Crippen molar-refractivity contribution >= 4 is 23.2 Å². The summed E-state index contributed by atoms with van der Waals surface area (Å²) in [5.74, 6) is 0.0861. The number of rotatable bonds is 5. The molecule has 6 nitrogen and oxygen atoms in total. The third-order valence-electron chi connectivity index (χ3n) is 4.79. The molecule has 0 atom stereocenters. The molecule has 0 radical (unpaired) electrons. The number of thiazole rings is 1. The van der Waals surface area contributed by atoms with Crippen LogP contribution in [0.15, 0.2) is 24.5 Å². The Hall–Kier alpha value is -2.28. The third-order valence-corrected chi connectivity index (χ3v) is 5.92. The molecule has 0 spiro atoms. The van der Waals surface area contributed by atoms with E-state index in [1.54, 1.807) is 35.9 Å². The van der Waals surface area contributed by atoms with Crippen molar-refractivity contribution < 1.29 is 9.59 Å². The lowest BCUT2D eigenvalue weighted by Gasteiger charge is -2.31. The Morgan fingerprint density at radius 2 is 1.92 bits per heavy atom. The lowest BCUT2D eigenvalue weighted by molar-refractivity contribution is -0.126. The van der Waals surface area contributed by atoms with E-state index in [-0.39, 0.29) is 17.7 Å². The maximum atomic E-state index is 12.4. The van der Waals surface area contributed by atoms with Crippen LogP contribution in [0.5, 0.6) is 0 Å². The van der Waals surface area contributed by atoms with E-state index in [1.165, 1.54) is 4.88 Å². The molecule has 0 bridgehead atoms. The van der Waals surface area contributed by atoms with E-state index in [9.17, 15) is 9.59 Å². The van der Waals surface area contributed by atoms with Crippen LogP contribution in [0.1, 0.15) is 38.8 Å². The molecule has 26 heavy (non-hydrogen) atoms. The number of aromatic nitrogens is 2. The zero-order valence-electron chi connectivity index (χ0n) is 15.2. The van der Waals surface area contributed by atoms with Gasteiger partial charge in [-0.2, -0.15) is 0 Å². The van der Waals surface area contributed by atoms with Gasteiger partial charge in [0.1, 0.15) is 0 Å². The van der Waals surface area contributed by atoms with Crippen LogP contribution < -0.4 is 5.32 Å². The first kappa shape index (κ1) is 18.5. The van der Waals surface area contributed by atoms with E-state index in [0.717, 1.165) is 17.1 Å². The number of hydrogen-bond acceptors (Lipinski definition) is 5. The molecule has 2 aromatic heterocycles. The van der Waals surface area contributed by atoms with Crippen LogP contribution in [0.25, 0.3) is 0 Å². The normalized spacial score (nSPS) is 15.1. The molecule has 2 amide bonds. The SMILES string of the molecule is Cc1nc(CCNC(=O)C2CCN(C(=O)c3ccncc3)CC2)sc1C. The van der Waals surface area contributed by atoms with Crippen molar-refractivity contribution in [3.8, 4) is 0 Å². The van der Waals surface area contributed by atoms with Gasteiger partial charge in [-0.1, -0.05) is 0 Å². The highest BCUT2D eigenvalue weighted by Crippen LogP contribution is 2.20. The van der Waals surface area contributed by atoms with Gasteiger partial charge in [0.15, 0.2) is 0 Å². The summed E-state index contributed by atoms with van der Waals surface area (Å²) in [5.41, 5.74) is 1.72. The van der Waals surface area contributed by atoms with Crippen molar-refractivity contribution in [3.63, 3.8) is 0 Å². The molecule has 1 saturated heterocycles. The Morgan fingerprint density at radius 3 is 2.54 bits per heavy atom. The van der Waals surface area contributed by atoms with Crippen molar-refractivity contribution in [1.29, 1.82) is 0 Å². The molecular formula is C19H24N4O2S. The van der Waals surface area contributed by atoms with Crippen LogP contribution in [0.2, 0.25) is 0 Å². The molecule has 3 rings (SSSR count). The largest absolute Gasteiger partial charge is 0.355 e. The number of nitrogens with zero attached hydrogens (tertiary/aromatic N) is 3. The summed E-state index contributed by atoms with van der Waals surface area (Å²) in [6, 6.07) is 3.45. The second kappa shape index (κ2) is 8.40. The van der Waals surface area contributed by atoms with E-state index in [2.05, 4.69) is 22.2 Å². The number of hydrogen-bond donors (Lipinski definition) is 1. The lowest BCUT2D eigenvalue weighted by atomic mass is 9.95. The van der Waals surface area contributed by atoms with E-state index in [1.807, 2.05) is 11.8 Å². The monoisotopic (exact) mass is 372 g/mol. The van der Waals surface area contributed by atoms with Crippen LogP contribution in [0.4, 0.5) is 0 Å². The fourth-order valence-corrected chi connectivity index (χ4v) is 4.04. The Balaban J connectivity index is 1.42. The smallest absolute Gasteiger partial charge is 0.253 e. The van der Waals surface area contributed by atoms with Gasteiger partial charge in [-0.15, -0.1) is 11.3 Å². The van der Waals surface area contributed by atoms with Gasteiger partial charge < -0.3 is 10.2 Å². The number of carbonyl (C=O) groups excluding carboxylic acids is 2. The quantitative estimate of drug-likeness (QED) is 0.874. The number of aryl methyl sites for hydroxylation is 2. The fourth-order valence-electron chi connectivity index (χ4n) is 3.10. The summed E-state index contributed by atoms with van der Waals surface area (Å²) in [6.45, 7) is 5.92. The third kappa shape index (κ3) is 4.46. The van der Waals surface area contributed by atoms with Gasteiger partial charge in [-0.05, 0) is 38.8 Å². The standard InChI is InChI=1S/C19H24N4O2S/c1-13-14(2)26-17(22-13)5-10-21-18(24)15-6-11-23(12-7-15)19(25)16-3-8-20-9-4-16/h3-4,8-9,15H,5-7,10-12H2,1-2H3,(H,21,24). The predicted molar refractivity (Wildman–Crippen MR) is 101 cm³/mol. The first-order valence-corrected chi connectivity index (χ1v) is 9.76. The molecule has 3 heterocycles. The summed E-state index contributed by atoms with van der Waals surface area (Å²) in [7, 11) is 0. The highest BCUT2D eigenvalue weighted by molar-refractivity contribution is 7.11. The molecule has 1 fully saturated rings. The highest BCUT2D eigenvalue weighted by Gasteiger charge is 2.27. The van der Waals surface area contributed by atoms with Crippen LogP contribution in [-0.2, 0) is 11.2 Å². The van der Waals surface area contributed by atoms with Crippen LogP contribution >= 0.6 is 11.3 Å². The van der Waals surface area contributed by atoms with Crippen molar-refractivity contribution in [2.45, 2.75) is 33.1 Å². The second-order valence-electron chi connectivity index (χ2n) is 6.59. The summed E-state index contributed by atoms with van der Waals surface area (Å²) in [6.07, 6.45) is 5.43. The van der Waals surface area contributed by atoms with E-state index in [4.69, 9.17) is 0 Å². The maximum Gasteiger partial charge on any atom is 0.253 e. The van der Waals surface area contributed by atoms with Gasteiger partial charge in [-0.25, -0.2) is 4.98 Å². The fraction of sp³-hybridized carbons (Fsp3) is 0.474. The number of carbonyl (C=O) groups is 2. The highest BCUT2D eigenvalue weighted by atomic mass is 32.1. The Labute approximate surface area is 157 Å². The zero-order chi connectivity index (χ0) is 18.5. The second-order valence-corrected chi connectivity index (χ2v) is 7.88. The molecule has 1 N–H and O–H groups in total. The summed E-state index contributed by atoms with van der Waals surface area (Å²) >= 11 is 1.69. The molecule has 138 valence electrons.